The van der Waals surface area contributed by atoms with Crippen LogP contribution in [0.4, 0.5) is 0 Å². The molecule has 1 saturated carbocycles. The Balaban J connectivity index is 0.00000392. The van der Waals surface area contributed by atoms with Gasteiger partial charge in [-0.25, -0.2) is 13.1 Å². The molecule has 28 heavy (non-hydrogen) atoms. The molecule has 0 amide bonds. The molecule has 7 nitrogen and oxygen atoms in total. The van der Waals surface area contributed by atoms with Gasteiger partial charge >= 0.3 is 0 Å². The smallest absolute Gasteiger partial charge is 0.213 e. The van der Waals surface area contributed by atoms with Gasteiger partial charge in [0.25, 0.3) is 0 Å². The molecule has 2 rings (SSSR count). The van der Waals surface area contributed by atoms with E-state index in [9.17, 15) is 8.42 Å². The molecule has 0 spiro atoms. The van der Waals surface area contributed by atoms with Crippen molar-refractivity contribution in [2.45, 2.75) is 69.8 Å². The Hall–Kier alpha value is 0.220. The highest BCUT2D eigenvalue weighted by Crippen LogP contribution is 2.29. The minimum atomic E-state index is -3.33. The lowest BCUT2D eigenvalue weighted by Gasteiger charge is -2.22. The Kier molecular flexibility index (Phi) is 13.4. The highest BCUT2D eigenvalue weighted by atomic mass is 127. The molecular formula is C18H37IN4O3S2. The number of aliphatic imine (C=N–C) groups is 1. The summed E-state index contributed by atoms with van der Waals surface area (Å²) in [7, 11) is -3.33. The third-order valence-electron chi connectivity index (χ3n) is 4.91. The molecule has 3 N–H and O–H groups in total. The summed E-state index contributed by atoms with van der Waals surface area (Å²) < 4.78 is 32.6. The molecular weight excluding hydrogens is 511 g/mol. The highest BCUT2D eigenvalue weighted by Gasteiger charge is 2.25. The van der Waals surface area contributed by atoms with E-state index in [1.807, 2.05) is 18.7 Å². The van der Waals surface area contributed by atoms with Gasteiger partial charge in [-0.05, 0) is 51.2 Å². The molecule has 3 atom stereocenters. The standard InChI is InChI=1S/C18H36N4O3S2.HI/c1-3-19-18(22-15-8-9-17(13-15)26-4-2)20-10-12-27(23,24)21-14-16-7-5-6-11-25-16;/h15-17,21H,3-14H2,1-2H3,(H2,19,20,22);1H. The normalized spacial score (nSPS) is 25.9. The quantitative estimate of drug-likeness (QED) is 0.221. The van der Waals surface area contributed by atoms with Crippen LogP contribution < -0.4 is 15.4 Å². The summed E-state index contributed by atoms with van der Waals surface area (Å²) >= 11 is 2.02. The van der Waals surface area contributed by atoms with Crippen LogP contribution in [0.1, 0.15) is 52.4 Å². The average molecular weight is 549 g/mol. The van der Waals surface area contributed by atoms with Crippen LogP contribution in [0.2, 0.25) is 0 Å². The maximum atomic E-state index is 12.2. The van der Waals surface area contributed by atoms with Crippen molar-refractivity contribution in [2.75, 3.05) is 37.7 Å². The second-order valence-corrected chi connectivity index (χ2v) is 10.7. The van der Waals surface area contributed by atoms with Gasteiger partial charge in [-0.2, -0.15) is 11.8 Å². The number of sulfonamides is 1. The molecule has 0 aromatic carbocycles. The fourth-order valence-corrected chi connectivity index (χ4v) is 5.57. The molecule has 1 aliphatic carbocycles. The molecule has 3 unspecified atom stereocenters. The van der Waals surface area contributed by atoms with Gasteiger partial charge in [-0.1, -0.05) is 6.92 Å². The van der Waals surface area contributed by atoms with Gasteiger partial charge < -0.3 is 15.4 Å². The third-order valence-corrected chi connectivity index (χ3v) is 7.47. The number of guanidine groups is 1. The molecule has 1 aliphatic heterocycles. The number of hydrogen-bond donors (Lipinski definition) is 3. The van der Waals surface area contributed by atoms with Gasteiger partial charge in [0.05, 0.1) is 18.4 Å². The largest absolute Gasteiger partial charge is 0.377 e. The first-order valence-corrected chi connectivity index (χ1v) is 13.0. The maximum absolute atomic E-state index is 12.2. The molecule has 166 valence electrons. The Morgan fingerprint density at radius 3 is 2.71 bits per heavy atom. The van der Waals surface area contributed by atoms with E-state index in [0.717, 1.165) is 62.2 Å². The molecule has 1 saturated heterocycles. The van der Waals surface area contributed by atoms with E-state index in [2.05, 4.69) is 27.3 Å². The van der Waals surface area contributed by atoms with E-state index in [1.54, 1.807) is 0 Å². The molecule has 10 heteroatoms. The Morgan fingerprint density at radius 2 is 2.04 bits per heavy atom. The summed E-state index contributed by atoms with van der Waals surface area (Å²) in [5.74, 6) is 1.87. The van der Waals surface area contributed by atoms with E-state index in [1.165, 1.54) is 6.42 Å². The van der Waals surface area contributed by atoms with Crippen LogP contribution in [-0.2, 0) is 14.8 Å². The monoisotopic (exact) mass is 548 g/mol. The van der Waals surface area contributed by atoms with Gasteiger partial charge in [0.1, 0.15) is 0 Å². The number of nitrogens with zero attached hydrogens (tertiary/aromatic N) is 1. The summed E-state index contributed by atoms with van der Waals surface area (Å²) in [6, 6.07) is 0.421. The first-order chi connectivity index (χ1) is 13.0. The van der Waals surface area contributed by atoms with Crippen LogP contribution in [0, 0.1) is 0 Å². The van der Waals surface area contributed by atoms with Gasteiger partial charge in [0.2, 0.25) is 10.0 Å². The summed E-state index contributed by atoms with van der Waals surface area (Å²) in [5.41, 5.74) is 0. The van der Waals surface area contributed by atoms with Crippen molar-refractivity contribution >= 4 is 51.7 Å². The van der Waals surface area contributed by atoms with Crippen LogP contribution in [0.5, 0.6) is 0 Å². The fourth-order valence-electron chi connectivity index (χ4n) is 3.51. The maximum Gasteiger partial charge on any atom is 0.213 e. The molecule has 2 fully saturated rings. The van der Waals surface area contributed by atoms with Crippen LogP contribution in [0.3, 0.4) is 0 Å². The zero-order valence-corrected chi connectivity index (χ0v) is 21.1. The van der Waals surface area contributed by atoms with Gasteiger partial charge in [0, 0.05) is 31.0 Å². The second-order valence-electron chi connectivity index (χ2n) is 7.15. The lowest BCUT2D eigenvalue weighted by atomic mass is 10.1. The molecule has 2 aliphatic rings. The predicted molar refractivity (Wildman–Crippen MR) is 129 cm³/mol. The van der Waals surface area contributed by atoms with Crippen molar-refractivity contribution in [2.24, 2.45) is 4.99 Å². The third kappa shape index (κ3) is 10.3. The van der Waals surface area contributed by atoms with Crippen molar-refractivity contribution in [1.82, 2.24) is 15.4 Å². The Labute approximate surface area is 192 Å². The zero-order valence-electron chi connectivity index (χ0n) is 17.1. The minimum absolute atomic E-state index is 0. The fraction of sp³-hybridized carbons (Fsp3) is 0.944. The molecule has 0 bridgehead atoms. The number of rotatable bonds is 10. The molecule has 0 radical (unpaired) electrons. The summed E-state index contributed by atoms with van der Waals surface area (Å²) in [6.07, 6.45) is 6.62. The zero-order chi connectivity index (χ0) is 19.5. The number of ether oxygens (including phenoxy) is 1. The minimum Gasteiger partial charge on any atom is -0.377 e. The SMILES string of the molecule is CCNC(=NCCS(=O)(=O)NCC1CCCCO1)NC1CCC(SCC)C1.I. The Bertz CT molecular complexity index is 557. The lowest BCUT2D eigenvalue weighted by Crippen LogP contribution is -2.43. The van der Waals surface area contributed by atoms with Crippen molar-refractivity contribution < 1.29 is 13.2 Å². The van der Waals surface area contributed by atoms with E-state index < -0.39 is 10.0 Å². The predicted octanol–water partition coefficient (Wildman–Crippen LogP) is 2.32. The topological polar surface area (TPSA) is 91.8 Å². The van der Waals surface area contributed by atoms with Crippen LogP contribution in [0.15, 0.2) is 4.99 Å². The molecule has 1 heterocycles. The van der Waals surface area contributed by atoms with Crippen LogP contribution in [0.25, 0.3) is 0 Å². The van der Waals surface area contributed by atoms with Crippen molar-refractivity contribution in [3.63, 3.8) is 0 Å². The molecule has 0 aromatic heterocycles. The first kappa shape index (κ1) is 26.3. The van der Waals surface area contributed by atoms with Crippen molar-refractivity contribution in [1.29, 1.82) is 0 Å². The van der Waals surface area contributed by atoms with Gasteiger partial charge in [-0.3, -0.25) is 4.99 Å². The van der Waals surface area contributed by atoms with Crippen molar-refractivity contribution in [3.05, 3.63) is 0 Å². The summed E-state index contributed by atoms with van der Waals surface area (Å²) in [4.78, 5) is 4.47. The van der Waals surface area contributed by atoms with Gasteiger partial charge in [-0.15, -0.1) is 24.0 Å². The highest BCUT2D eigenvalue weighted by molar-refractivity contribution is 14.0. The number of hydrogen-bond acceptors (Lipinski definition) is 5. The number of thioether (sulfide) groups is 1. The van der Waals surface area contributed by atoms with Gasteiger partial charge in [0.15, 0.2) is 5.96 Å². The van der Waals surface area contributed by atoms with Crippen LogP contribution in [-0.4, -0.2) is 69.5 Å². The average Bonchev–Trinajstić information content (AvgIpc) is 3.08. The lowest BCUT2D eigenvalue weighted by molar-refractivity contribution is 0.0200. The van der Waals surface area contributed by atoms with E-state index >= 15 is 0 Å². The van der Waals surface area contributed by atoms with E-state index in [4.69, 9.17) is 4.74 Å². The molecule has 0 aromatic rings. The first-order valence-electron chi connectivity index (χ1n) is 10.3. The number of halogens is 1. The van der Waals surface area contributed by atoms with Crippen LogP contribution >= 0.6 is 35.7 Å². The second kappa shape index (κ2) is 14.3. The van der Waals surface area contributed by atoms with E-state index in [-0.39, 0.29) is 42.4 Å². The number of nitrogens with one attached hydrogen (secondary N) is 3. The van der Waals surface area contributed by atoms with Crippen molar-refractivity contribution in [3.8, 4) is 0 Å². The summed E-state index contributed by atoms with van der Waals surface area (Å²) in [5, 5.41) is 7.41. The summed E-state index contributed by atoms with van der Waals surface area (Å²) in [6.45, 7) is 6.32. The Morgan fingerprint density at radius 1 is 1.21 bits per heavy atom. The van der Waals surface area contributed by atoms with E-state index in [0.29, 0.717) is 12.6 Å².